The Morgan fingerprint density at radius 2 is 1.67 bits per heavy atom. The van der Waals surface area contributed by atoms with Crippen molar-refractivity contribution in [3.63, 3.8) is 0 Å². The summed E-state index contributed by atoms with van der Waals surface area (Å²) in [6.45, 7) is 7.78. The average Bonchev–Trinajstić information content (AvgIpc) is 2.93. The van der Waals surface area contributed by atoms with Gasteiger partial charge in [0, 0.05) is 10.9 Å². The van der Waals surface area contributed by atoms with Crippen LogP contribution in [0, 0.1) is 26.7 Å². The number of carbonyl (C=O) groups is 2. The van der Waals surface area contributed by atoms with Gasteiger partial charge in [0.05, 0.1) is 23.9 Å². The van der Waals surface area contributed by atoms with Gasteiger partial charge in [0.25, 0.3) is 0 Å². The highest BCUT2D eigenvalue weighted by Crippen LogP contribution is 2.39. The highest BCUT2D eigenvalue weighted by atomic mass is 16.5. The smallest absolute Gasteiger partial charge is 0.339 e. The Balaban J connectivity index is 1.53. The lowest BCUT2D eigenvalue weighted by Crippen LogP contribution is -2.21. The maximum absolute atomic E-state index is 13.7. The van der Waals surface area contributed by atoms with E-state index in [2.05, 4.69) is 13.0 Å². The zero-order valence-corrected chi connectivity index (χ0v) is 23.1. The number of carbonyl (C=O) groups excluding carboxylic acids is 2. The third kappa shape index (κ3) is 5.35. The van der Waals surface area contributed by atoms with E-state index in [1.54, 1.807) is 7.11 Å². The minimum absolute atomic E-state index is 0.204. The number of hydrogen-bond acceptors (Lipinski definition) is 5. The molecule has 1 aliphatic carbocycles. The average molecular weight is 520 g/mol. The molecule has 0 saturated carbocycles. The lowest BCUT2D eigenvalue weighted by atomic mass is 9.80. The molecule has 198 valence electrons. The van der Waals surface area contributed by atoms with E-state index in [0.717, 1.165) is 62.2 Å². The summed E-state index contributed by atoms with van der Waals surface area (Å²) < 4.78 is 11.0. The molecule has 0 bridgehead atoms. The Morgan fingerprint density at radius 1 is 0.949 bits per heavy atom. The number of nitrogens with zero attached hydrogens (tertiary/aromatic N) is 1. The number of benzene rings is 3. The van der Waals surface area contributed by atoms with Gasteiger partial charge in [0.1, 0.15) is 5.75 Å². The number of aromatic nitrogens is 1. The third-order valence-corrected chi connectivity index (χ3v) is 7.55. The summed E-state index contributed by atoms with van der Waals surface area (Å²) in [6, 6.07) is 19.4. The summed E-state index contributed by atoms with van der Waals surface area (Å²) in [4.78, 5) is 31.8. The molecule has 0 saturated heterocycles. The summed E-state index contributed by atoms with van der Waals surface area (Å²) in [5, 5.41) is 0.744. The maximum Gasteiger partial charge on any atom is 0.339 e. The zero-order chi connectivity index (χ0) is 27.7. The van der Waals surface area contributed by atoms with E-state index in [1.165, 1.54) is 0 Å². The van der Waals surface area contributed by atoms with Crippen molar-refractivity contribution >= 4 is 34.3 Å². The quantitative estimate of drug-likeness (QED) is 0.197. The van der Waals surface area contributed by atoms with Gasteiger partial charge < -0.3 is 9.47 Å². The van der Waals surface area contributed by atoms with Crippen molar-refractivity contribution in [1.82, 2.24) is 4.98 Å². The fourth-order valence-corrected chi connectivity index (χ4v) is 5.41. The fourth-order valence-electron chi connectivity index (χ4n) is 5.41. The largest absolute Gasteiger partial charge is 0.497 e. The van der Waals surface area contributed by atoms with Crippen molar-refractivity contribution < 1.29 is 19.1 Å². The number of allylic oxidation sites excluding steroid dienone is 1. The normalized spacial score (nSPS) is 15.7. The number of ketones is 1. The molecule has 1 aliphatic rings. The molecule has 1 unspecified atom stereocenters. The predicted molar refractivity (Wildman–Crippen MR) is 155 cm³/mol. The second-order valence-corrected chi connectivity index (χ2v) is 10.5. The molecule has 39 heavy (non-hydrogen) atoms. The van der Waals surface area contributed by atoms with Crippen molar-refractivity contribution in [1.29, 1.82) is 0 Å². The Morgan fingerprint density at radius 3 is 2.41 bits per heavy atom. The number of esters is 1. The highest BCUT2D eigenvalue weighted by Gasteiger charge is 2.29. The number of methoxy groups -OCH3 is 1. The number of rotatable bonds is 6. The van der Waals surface area contributed by atoms with Crippen LogP contribution in [0.2, 0.25) is 0 Å². The molecule has 0 N–H and O–H groups in total. The standard InChI is InChI=1S/C34H33NO4/c1-20-14-25(18-24-10-12-26(38-5)13-11-24)33-29(15-20)32(27-8-6-7-9-30(27)35-33)34(37)39-19-31(36)28-17-22(3)21(2)16-23(28)4/h6-13,16-18,20H,14-15,19H2,1-5H3/b25-18-. The first-order chi connectivity index (χ1) is 18.7. The van der Waals surface area contributed by atoms with Crippen molar-refractivity contribution in [2.24, 2.45) is 5.92 Å². The van der Waals surface area contributed by atoms with Gasteiger partial charge in [-0.2, -0.15) is 0 Å². The first-order valence-corrected chi connectivity index (χ1v) is 13.3. The number of fused-ring (bicyclic) bond motifs is 2. The lowest BCUT2D eigenvalue weighted by Gasteiger charge is -2.26. The minimum atomic E-state index is -0.488. The van der Waals surface area contributed by atoms with E-state index in [9.17, 15) is 9.59 Å². The van der Waals surface area contributed by atoms with Crippen molar-refractivity contribution in [2.75, 3.05) is 13.7 Å². The number of Topliss-reactive ketones (excluding diaryl/α,β-unsaturated/α-hetero) is 1. The maximum atomic E-state index is 13.7. The number of hydrogen-bond donors (Lipinski definition) is 0. The summed E-state index contributed by atoms with van der Waals surface area (Å²) in [5.41, 5.74) is 8.70. The Bertz CT molecular complexity index is 1620. The Labute approximate surface area is 229 Å². The van der Waals surface area contributed by atoms with E-state index < -0.39 is 5.97 Å². The van der Waals surface area contributed by atoms with Gasteiger partial charge in [-0.05, 0) is 103 Å². The zero-order valence-electron chi connectivity index (χ0n) is 23.1. The SMILES string of the molecule is COc1ccc(/C=C2/CC(C)Cc3c2nc2ccccc2c3C(=O)OCC(=O)c2cc(C)c(C)cc2C)cc1. The number of ether oxygens (including phenoxy) is 2. The van der Waals surface area contributed by atoms with Crippen LogP contribution in [0.15, 0.2) is 60.7 Å². The molecule has 0 aliphatic heterocycles. The molecule has 1 aromatic heterocycles. The summed E-state index contributed by atoms with van der Waals surface area (Å²) in [5.74, 6) is 0.424. The van der Waals surface area contributed by atoms with Gasteiger partial charge in [-0.25, -0.2) is 9.78 Å². The summed E-state index contributed by atoms with van der Waals surface area (Å²) in [6.07, 6.45) is 3.70. The third-order valence-electron chi connectivity index (χ3n) is 7.55. The van der Waals surface area contributed by atoms with Gasteiger partial charge in [-0.15, -0.1) is 0 Å². The molecular weight excluding hydrogens is 486 g/mol. The molecule has 0 amide bonds. The second kappa shape index (κ2) is 10.9. The van der Waals surface area contributed by atoms with Gasteiger partial charge in [0.2, 0.25) is 5.78 Å². The summed E-state index contributed by atoms with van der Waals surface area (Å²) in [7, 11) is 1.65. The lowest BCUT2D eigenvalue weighted by molar-refractivity contribution is 0.0475. The van der Waals surface area contributed by atoms with E-state index in [-0.39, 0.29) is 12.4 Å². The van der Waals surface area contributed by atoms with Crippen LogP contribution in [0.1, 0.15) is 67.6 Å². The van der Waals surface area contributed by atoms with Crippen LogP contribution in [-0.2, 0) is 11.2 Å². The van der Waals surface area contributed by atoms with E-state index in [0.29, 0.717) is 23.5 Å². The van der Waals surface area contributed by atoms with Crippen LogP contribution in [0.3, 0.4) is 0 Å². The first-order valence-electron chi connectivity index (χ1n) is 13.3. The van der Waals surface area contributed by atoms with Gasteiger partial charge in [-0.3, -0.25) is 4.79 Å². The number of para-hydroxylation sites is 1. The van der Waals surface area contributed by atoms with Crippen LogP contribution in [0.4, 0.5) is 0 Å². The van der Waals surface area contributed by atoms with Gasteiger partial charge >= 0.3 is 5.97 Å². The molecule has 5 heteroatoms. The van der Waals surface area contributed by atoms with Crippen molar-refractivity contribution in [2.45, 2.75) is 40.5 Å². The Hall–Kier alpha value is -4.25. The second-order valence-electron chi connectivity index (χ2n) is 10.5. The molecule has 5 nitrogen and oxygen atoms in total. The predicted octanol–water partition coefficient (Wildman–Crippen LogP) is 7.33. The molecule has 5 rings (SSSR count). The van der Waals surface area contributed by atoms with Crippen LogP contribution in [0.25, 0.3) is 22.6 Å². The number of pyridine rings is 1. The highest BCUT2D eigenvalue weighted by molar-refractivity contribution is 6.08. The van der Waals surface area contributed by atoms with Gasteiger partial charge in [0.15, 0.2) is 6.61 Å². The topological polar surface area (TPSA) is 65.5 Å². The molecule has 1 heterocycles. The molecule has 0 spiro atoms. The van der Waals surface area contributed by atoms with Crippen LogP contribution in [-0.4, -0.2) is 30.5 Å². The molecule has 1 atom stereocenters. The van der Waals surface area contributed by atoms with E-state index in [1.807, 2.05) is 81.4 Å². The Kier molecular flexibility index (Phi) is 7.34. The molecule has 4 aromatic rings. The van der Waals surface area contributed by atoms with Crippen LogP contribution >= 0.6 is 0 Å². The molecular formula is C34H33NO4. The molecule has 0 radical (unpaired) electrons. The summed E-state index contributed by atoms with van der Waals surface area (Å²) >= 11 is 0. The van der Waals surface area contributed by atoms with Crippen LogP contribution < -0.4 is 4.74 Å². The monoisotopic (exact) mass is 519 g/mol. The molecule has 0 fully saturated rings. The molecule has 3 aromatic carbocycles. The van der Waals surface area contributed by atoms with Crippen molar-refractivity contribution in [3.05, 3.63) is 105 Å². The van der Waals surface area contributed by atoms with Crippen LogP contribution in [0.5, 0.6) is 5.75 Å². The number of aryl methyl sites for hydroxylation is 3. The minimum Gasteiger partial charge on any atom is -0.497 e. The first kappa shape index (κ1) is 26.4. The van der Waals surface area contributed by atoms with Crippen molar-refractivity contribution in [3.8, 4) is 5.75 Å². The van der Waals surface area contributed by atoms with Gasteiger partial charge in [-0.1, -0.05) is 43.3 Å². The van der Waals surface area contributed by atoms with E-state index in [4.69, 9.17) is 14.5 Å². The fraction of sp³-hybridized carbons (Fsp3) is 0.265. The van der Waals surface area contributed by atoms with E-state index >= 15 is 0 Å².